The molecule has 0 N–H and O–H groups in total. The number of rotatable bonds is 3. The first-order chi connectivity index (χ1) is 12.2. The summed E-state index contributed by atoms with van der Waals surface area (Å²) >= 11 is 0. The molecule has 0 aliphatic carbocycles. The maximum Gasteiger partial charge on any atom is 0.186 e. The number of hydrogen-bond donors (Lipinski definition) is 0. The first kappa shape index (κ1) is 25.2. The fourth-order valence-corrected chi connectivity index (χ4v) is 4.81. The molecule has 0 heterocycles. The summed E-state index contributed by atoms with van der Waals surface area (Å²) in [6.07, 6.45) is 0. The molecule has 2 aromatic carbocycles. The predicted molar refractivity (Wildman–Crippen MR) is 127 cm³/mol. The zero-order valence-corrected chi connectivity index (χ0v) is 20.7. The van der Waals surface area contributed by atoms with Crippen molar-refractivity contribution in [2.24, 2.45) is 0 Å². The molecule has 1 unspecified atom stereocenters. The van der Waals surface area contributed by atoms with Gasteiger partial charge in [0, 0.05) is 24.4 Å². The second-order valence-electron chi connectivity index (χ2n) is 9.92. The van der Waals surface area contributed by atoms with Crippen molar-refractivity contribution in [3.05, 3.63) is 63.2 Å². The molecule has 1 atom stereocenters. The number of benzene rings is 2. The molecule has 1 nitrogen and oxygen atoms in total. The first-order valence-electron chi connectivity index (χ1n) is 9.76. The normalized spacial score (nSPS) is 12.4. The van der Waals surface area contributed by atoms with Crippen molar-refractivity contribution in [1.29, 1.82) is 0 Å². The van der Waals surface area contributed by atoms with Crippen molar-refractivity contribution < 1.29 is 4.79 Å². The molecule has 28 heavy (non-hydrogen) atoms. The van der Waals surface area contributed by atoms with Gasteiger partial charge in [0.1, 0.15) is 0 Å². The van der Waals surface area contributed by atoms with Gasteiger partial charge in [0.05, 0.1) is 0 Å². The third-order valence-corrected chi connectivity index (χ3v) is 6.78. The molecule has 1 radical (unpaired) electrons. The third-order valence-electron chi connectivity index (χ3n) is 5.26. The van der Waals surface area contributed by atoms with Crippen LogP contribution in [0.5, 0.6) is 0 Å². The summed E-state index contributed by atoms with van der Waals surface area (Å²) in [7, 11) is 0.170. The number of hydrogen-bond acceptors (Lipinski definition) is 1. The monoisotopic (exact) mass is 389 g/mol. The molecule has 0 bridgehead atoms. The fourth-order valence-electron chi connectivity index (χ4n) is 3.52. The Morgan fingerprint density at radius 1 is 0.679 bits per heavy atom. The van der Waals surface area contributed by atoms with Crippen LogP contribution < -0.4 is 5.30 Å². The minimum atomic E-state index is 0. The average molecular weight is 389 g/mol. The zero-order chi connectivity index (χ0) is 20.7. The molecule has 0 aliphatic rings. The van der Waals surface area contributed by atoms with Gasteiger partial charge in [0.25, 0.3) is 0 Å². The smallest absolute Gasteiger partial charge is 0.186 e. The van der Waals surface area contributed by atoms with Crippen molar-refractivity contribution in [3.63, 3.8) is 0 Å². The van der Waals surface area contributed by atoms with Gasteiger partial charge in [0.15, 0.2) is 5.52 Å². The molecular weight excluding hydrogens is 354 g/mol. The summed E-state index contributed by atoms with van der Waals surface area (Å²) < 4.78 is 0. The number of aryl methyl sites for hydroxylation is 4. The molecule has 0 aromatic heterocycles. The summed E-state index contributed by atoms with van der Waals surface area (Å²) in [5.41, 5.74) is 8.64. The Labute approximate surface area is 186 Å². The summed E-state index contributed by atoms with van der Waals surface area (Å²) in [5, 5.41) is 1.20. The van der Waals surface area contributed by atoms with Crippen molar-refractivity contribution in [2.45, 2.75) is 80.1 Å². The van der Waals surface area contributed by atoms with Crippen molar-refractivity contribution in [2.75, 3.05) is 0 Å². The minimum absolute atomic E-state index is 0. The van der Waals surface area contributed by atoms with Crippen LogP contribution >= 0.6 is 8.58 Å². The second kappa shape index (κ2) is 8.88. The third kappa shape index (κ3) is 5.60. The van der Waals surface area contributed by atoms with E-state index in [1.165, 1.54) is 27.6 Å². The Balaban J connectivity index is 0.00000392. The predicted octanol–water partition coefficient (Wildman–Crippen LogP) is 6.28. The van der Waals surface area contributed by atoms with Gasteiger partial charge in [-0.05, 0) is 85.8 Å². The van der Waals surface area contributed by atoms with E-state index in [1.54, 1.807) is 0 Å². The van der Waals surface area contributed by atoms with E-state index in [-0.39, 0.29) is 43.8 Å². The molecule has 0 fully saturated rings. The van der Waals surface area contributed by atoms with Gasteiger partial charge in [-0.3, -0.25) is 4.79 Å². The van der Waals surface area contributed by atoms with Gasteiger partial charge in [0.2, 0.25) is 0 Å². The van der Waals surface area contributed by atoms with E-state index in [9.17, 15) is 4.79 Å². The van der Waals surface area contributed by atoms with E-state index in [2.05, 4.69) is 93.5 Å². The van der Waals surface area contributed by atoms with Gasteiger partial charge in [-0.25, -0.2) is 0 Å². The van der Waals surface area contributed by atoms with Crippen molar-refractivity contribution >= 4 is 38.3 Å². The van der Waals surface area contributed by atoms with Crippen LogP contribution in [0, 0.1) is 27.7 Å². The maximum atomic E-state index is 13.2. The van der Waals surface area contributed by atoms with Crippen LogP contribution in [-0.2, 0) is 10.8 Å². The van der Waals surface area contributed by atoms with Gasteiger partial charge < -0.3 is 0 Å². The number of carbonyl (C=O) groups is 1. The molecule has 0 spiro atoms. The Morgan fingerprint density at radius 2 is 1.00 bits per heavy atom. The van der Waals surface area contributed by atoms with Crippen molar-refractivity contribution in [1.82, 2.24) is 0 Å². The van der Waals surface area contributed by atoms with Gasteiger partial charge in [-0.15, -0.1) is 0 Å². The quantitative estimate of drug-likeness (QED) is 0.446. The topological polar surface area (TPSA) is 17.1 Å². The molecule has 0 amide bonds. The molecule has 0 saturated heterocycles. The average Bonchev–Trinajstić information content (AvgIpc) is 2.48. The molecule has 0 saturated carbocycles. The Hall–Kier alpha value is -0.863. The van der Waals surface area contributed by atoms with Gasteiger partial charge in [-0.1, -0.05) is 65.8 Å². The minimum Gasteiger partial charge on any atom is -0.289 e. The van der Waals surface area contributed by atoms with E-state index in [0.29, 0.717) is 0 Å². The molecular formula is C25H35LiOP. The Kier molecular flexibility index (Phi) is 7.98. The SMILES string of the molecule is Cc1cc(C(C)(C)C)cc(C)c1PC(=O)c1c(C)cc(C(C)(C)C)cc1C.[Li]. The maximum absolute atomic E-state index is 13.2. The zero-order valence-electron chi connectivity index (χ0n) is 19.7. The van der Waals surface area contributed by atoms with E-state index >= 15 is 0 Å². The molecule has 147 valence electrons. The van der Waals surface area contributed by atoms with Gasteiger partial charge >= 0.3 is 0 Å². The van der Waals surface area contributed by atoms with E-state index in [0.717, 1.165) is 16.7 Å². The second-order valence-corrected chi connectivity index (χ2v) is 11.1. The van der Waals surface area contributed by atoms with E-state index < -0.39 is 0 Å². The Bertz CT molecular complexity index is 836. The standard InChI is InChI=1S/C25H35OP.Li/c1-15-11-19(24(5,6)7)12-16(2)21(15)23(26)27-22-17(3)13-20(14-18(22)4)25(8,9)10;/h11-14,27H,1-10H3;. The van der Waals surface area contributed by atoms with Crippen LogP contribution in [0.4, 0.5) is 0 Å². The molecule has 2 rings (SSSR count). The van der Waals surface area contributed by atoms with Crippen LogP contribution in [0.2, 0.25) is 0 Å². The van der Waals surface area contributed by atoms with Crippen LogP contribution in [0.1, 0.15) is 85.3 Å². The van der Waals surface area contributed by atoms with Crippen LogP contribution in [0.3, 0.4) is 0 Å². The summed E-state index contributed by atoms with van der Waals surface area (Å²) in [4.78, 5) is 13.2. The fraction of sp³-hybridized carbons (Fsp3) is 0.480. The number of carbonyl (C=O) groups excluding carboxylic acids is 1. The largest absolute Gasteiger partial charge is 0.289 e. The molecule has 2 aromatic rings. The van der Waals surface area contributed by atoms with E-state index in [4.69, 9.17) is 0 Å². The summed E-state index contributed by atoms with van der Waals surface area (Å²) in [5.74, 6) is 0. The van der Waals surface area contributed by atoms with Gasteiger partial charge in [-0.2, -0.15) is 0 Å². The van der Waals surface area contributed by atoms with Crippen molar-refractivity contribution in [3.8, 4) is 0 Å². The van der Waals surface area contributed by atoms with Crippen LogP contribution in [0.25, 0.3) is 0 Å². The molecule has 0 aliphatic heterocycles. The van der Waals surface area contributed by atoms with E-state index in [1.807, 2.05) is 0 Å². The first-order valence-corrected chi connectivity index (χ1v) is 10.8. The Morgan fingerprint density at radius 3 is 1.32 bits per heavy atom. The summed E-state index contributed by atoms with van der Waals surface area (Å²) in [6, 6.07) is 8.89. The van der Waals surface area contributed by atoms with Crippen LogP contribution in [0.15, 0.2) is 24.3 Å². The van der Waals surface area contributed by atoms with Crippen LogP contribution in [-0.4, -0.2) is 24.4 Å². The molecule has 3 heteroatoms. The summed E-state index contributed by atoms with van der Waals surface area (Å²) in [6.45, 7) is 21.8.